The first-order valence-corrected chi connectivity index (χ1v) is 7.31. The summed E-state index contributed by atoms with van der Waals surface area (Å²) in [7, 11) is 0. The molecule has 100 valence electrons. The van der Waals surface area contributed by atoms with Crippen molar-refractivity contribution in [2.24, 2.45) is 11.8 Å². The lowest BCUT2D eigenvalue weighted by Gasteiger charge is -2.31. The van der Waals surface area contributed by atoms with Crippen molar-refractivity contribution in [3.8, 4) is 0 Å². The van der Waals surface area contributed by atoms with Gasteiger partial charge >= 0.3 is 0 Å². The molecule has 1 aliphatic rings. The van der Waals surface area contributed by atoms with Crippen molar-refractivity contribution in [1.29, 1.82) is 0 Å². The van der Waals surface area contributed by atoms with Gasteiger partial charge in [-0.15, -0.1) is 0 Å². The molecule has 2 nitrogen and oxygen atoms in total. The molecule has 0 spiro atoms. The predicted molar refractivity (Wildman–Crippen MR) is 76.4 cm³/mol. The summed E-state index contributed by atoms with van der Waals surface area (Å²) in [6, 6.07) is 6.95. The second-order valence-electron chi connectivity index (χ2n) is 6.01. The maximum atomic E-state index is 4.54. The Bertz CT molecular complexity index is 365. The van der Waals surface area contributed by atoms with E-state index in [2.05, 4.69) is 49.3 Å². The van der Waals surface area contributed by atoms with Gasteiger partial charge in [0.2, 0.25) is 0 Å². The Balaban J connectivity index is 1.75. The highest BCUT2D eigenvalue weighted by atomic mass is 14.9. The number of rotatable bonds is 4. The van der Waals surface area contributed by atoms with Crippen LogP contribution in [-0.4, -0.2) is 11.0 Å². The lowest BCUT2D eigenvalue weighted by atomic mass is 9.80. The topological polar surface area (TPSA) is 24.9 Å². The third-order valence-corrected chi connectivity index (χ3v) is 4.23. The van der Waals surface area contributed by atoms with Crippen LogP contribution in [0.25, 0.3) is 0 Å². The van der Waals surface area contributed by atoms with Crippen LogP contribution in [0, 0.1) is 18.8 Å². The van der Waals surface area contributed by atoms with Crippen LogP contribution in [0.1, 0.15) is 50.9 Å². The zero-order valence-corrected chi connectivity index (χ0v) is 11.9. The number of nitrogens with zero attached hydrogens (tertiary/aromatic N) is 1. The first-order chi connectivity index (χ1) is 8.65. The van der Waals surface area contributed by atoms with Crippen LogP contribution in [0.3, 0.4) is 0 Å². The van der Waals surface area contributed by atoms with Gasteiger partial charge in [-0.25, -0.2) is 0 Å². The molecule has 0 amide bonds. The monoisotopic (exact) mass is 246 g/mol. The second kappa shape index (κ2) is 6.33. The number of hydrogen-bond donors (Lipinski definition) is 1. The summed E-state index contributed by atoms with van der Waals surface area (Å²) in [5.74, 6) is 1.80. The van der Waals surface area contributed by atoms with E-state index >= 15 is 0 Å². The molecule has 2 heteroatoms. The van der Waals surface area contributed by atoms with Gasteiger partial charge in [0, 0.05) is 18.3 Å². The molecule has 1 fully saturated rings. The van der Waals surface area contributed by atoms with Gasteiger partial charge in [0.15, 0.2) is 0 Å². The Kier molecular flexibility index (Phi) is 4.76. The Morgan fingerprint density at radius 3 is 2.56 bits per heavy atom. The average molecular weight is 246 g/mol. The molecule has 0 unspecified atom stereocenters. The van der Waals surface area contributed by atoms with Crippen molar-refractivity contribution in [1.82, 2.24) is 10.3 Å². The average Bonchev–Trinajstić information content (AvgIpc) is 2.37. The van der Waals surface area contributed by atoms with E-state index in [1.807, 2.05) is 0 Å². The van der Waals surface area contributed by atoms with Gasteiger partial charge < -0.3 is 5.32 Å². The molecule has 1 aliphatic carbocycles. The van der Waals surface area contributed by atoms with Crippen molar-refractivity contribution < 1.29 is 0 Å². The zero-order chi connectivity index (χ0) is 13.0. The van der Waals surface area contributed by atoms with Crippen LogP contribution < -0.4 is 5.32 Å². The van der Waals surface area contributed by atoms with Gasteiger partial charge in [-0.3, -0.25) is 4.98 Å². The van der Waals surface area contributed by atoms with Crippen LogP contribution in [0.4, 0.5) is 0 Å². The van der Waals surface area contributed by atoms with Gasteiger partial charge in [0.05, 0.1) is 5.69 Å². The van der Waals surface area contributed by atoms with Gasteiger partial charge in [0.1, 0.15) is 0 Å². The third-order valence-electron chi connectivity index (χ3n) is 4.23. The Labute approximate surface area is 111 Å². The van der Waals surface area contributed by atoms with E-state index in [0.717, 1.165) is 24.1 Å². The molecule has 0 saturated heterocycles. The van der Waals surface area contributed by atoms with Crippen molar-refractivity contribution in [3.05, 3.63) is 29.6 Å². The molecule has 2 rings (SSSR count). The number of nitrogens with one attached hydrogen (secondary N) is 1. The molecule has 0 radical (unpaired) electrons. The van der Waals surface area contributed by atoms with E-state index < -0.39 is 0 Å². The predicted octanol–water partition coefficient (Wildman–Crippen LogP) is 3.69. The fraction of sp³-hybridized carbons (Fsp3) is 0.688. The molecule has 1 N–H and O–H groups in total. The molecule has 1 heterocycles. The first-order valence-electron chi connectivity index (χ1n) is 7.31. The maximum Gasteiger partial charge on any atom is 0.0544 e. The highest BCUT2D eigenvalue weighted by Gasteiger charge is 2.22. The first kappa shape index (κ1) is 13.5. The van der Waals surface area contributed by atoms with Crippen LogP contribution in [0.15, 0.2) is 18.2 Å². The Morgan fingerprint density at radius 2 is 1.94 bits per heavy atom. The van der Waals surface area contributed by atoms with Crippen molar-refractivity contribution in [2.75, 3.05) is 0 Å². The van der Waals surface area contributed by atoms with Crippen molar-refractivity contribution in [3.63, 3.8) is 0 Å². The molecule has 0 atom stereocenters. The van der Waals surface area contributed by atoms with Gasteiger partial charge in [-0.1, -0.05) is 19.9 Å². The molecule has 0 bridgehead atoms. The van der Waals surface area contributed by atoms with E-state index in [4.69, 9.17) is 0 Å². The lowest BCUT2D eigenvalue weighted by molar-refractivity contribution is 0.238. The number of aromatic nitrogens is 1. The molecule has 1 aromatic heterocycles. The van der Waals surface area contributed by atoms with E-state index in [1.165, 1.54) is 31.4 Å². The molecular weight excluding hydrogens is 220 g/mol. The molecule has 0 aromatic carbocycles. The van der Waals surface area contributed by atoms with Gasteiger partial charge in [-0.05, 0) is 56.6 Å². The summed E-state index contributed by atoms with van der Waals surface area (Å²) in [6.07, 6.45) is 5.43. The third kappa shape index (κ3) is 3.81. The molecular formula is C16H26N2. The quantitative estimate of drug-likeness (QED) is 0.876. The SMILES string of the molecule is Cc1cccc(CNC2CCC(C(C)C)CC2)n1. The van der Waals surface area contributed by atoms with Crippen LogP contribution >= 0.6 is 0 Å². The smallest absolute Gasteiger partial charge is 0.0544 e. The minimum Gasteiger partial charge on any atom is -0.308 e. The summed E-state index contributed by atoms with van der Waals surface area (Å²) in [5.41, 5.74) is 2.28. The Hall–Kier alpha value is -0.890. The fourth-order valence-electron chi connectivity index (χ4n) is 2.94. The number of pyridine rings is 1. The largest absolute Gasteiger partial charge is 0.308 e. The summed E-state index contributed by atoms with van der Waals surface area (Å²) in [4.78, 5) is 4.54. The van der Waals surface area contributed by atoms with Gasteiger partial charge in [0.25, 0.3) is 0 Å². The van der Waals surface area contributed by atoms with Crippen molar-refractivity contribution in [2.45, 2.75) is 59.0 Å². The minimum atomic E-state index is 0.697. The summed E-state index contributed by atoms with van der Waals surface area (Å²) < 4.78 is 0. The lowest BCUT2D eigenvalue weighted by Crippen LogP contribution is -2.34. The van der Waals surface area contributed by atoms with E-state index in [1.54, 1.807) is 0 Å². The summed E-state index contributed by atoms with van der Waals surface area (Å²) in [6.45, 7) is 7.68. The maximum absolute atomic E-state index is 4.54. The summed E-state index contributed by atoms with van der Waals surface area (Å²) in [5, 5.41) is 3.66. The van der Waals surface area contributed by atoms with E-state index in [0.29, 0.717) is 6.04 Å². The highest BCUT2D eigenvalue weighted by molar-refractivity contribution is 5.09. The van der Waals surface area contributed by atoms with E-state index in [9.17, 15) is 0 Å². The molecule has 18 heavy (non-hydrogen) atoms. The highest BCUT2D eigenvalue weighted by Crippen LogP contribution is 2.29. The summed E-state index contributed by atoms with van der Waals surface area (Å²) >= 11 is 0. The Morgan fingerprint density at radius 1 is 1.22 bits per heavy atom. The van der Waals surface area contributed by atoms with Crippen LogP contribution in [0.2, 0.25) is 0 Å². The molecule has 0 aliphatic heterocycles. The van der Waals surface area contributed by atoms with Crippen molar-refractivity contribution >= 4 is 0 Å². The zero-order valence-electron chi connectivity index (χ0n) is 11.9. The normalized spacial score (nSPS) is 24.4. The minimum absolute atomic E-state index is 0.697. The number of hydrogen-bond acceptors (Lipinski definition) is 2. The van der Waals surface area contributed by atoms with Gasteiger partial charge in [-0.2, -0.15) is 0 Å². The van der Waals surface area contributed by atoms with Crippen LogP contribution in [0.5, 0.6) is 0 Å². The fourth-order valence-corrected chi connectivity index (χ4v) is 2.94. The molecule has 1 saturated carbocycles. The molecule has 1 aromatic rings. The number of aryl methyl sites for hydroxylation is 1. The second-order valence-corrected chi connectivity index (χ2v) is 6.01. The van der Waals surface area contributed by atoms with Crippen LogP contribution in [-0.2, 0) is 6.54 Å². The standard InChI is InChI=1S/C16H26N2/c1-12(2)14-7-9-15(10-8-14)17-11-16-6-4-5-13(3)18-16/h4-6,12,14-15,17H,7-11H2,1-3H3. The van der Waals surface area contributed by atoms with E-state index in [-0.39, 0.29) is 0 Å².